The molecule has 5 heteroatoms. The highest BCUT2D eigenvalue weighted by atomic mass is 35.5. The second-order valence-corrected chi connectivity index (χ2v) is 6.82. The Balaban J connectivity index is 1.91. The Kier molecular flexibility index (Phi) is 5.98. The summed E-state index contributed by atoms with van der Waals surface area (Å²) in [6.45, 7) is 3.87. The van der Waals surface area contributed by atoms with Crippen LogP contribution in [-0.2, 0) is 0 Å². The van der Waals surface area contributed by atoms with Crippen LogP contribution in [0.1, 0.15) is 21.5 Å². The van der Waals surface area contributed by atoms with E-state index in [-0.39, 0.29) is 12.5 Å². The lowest BCUT2D eigenvalue weighted by molar-refractivity contribution is 0.0989. The van der Waals surface area contributed by atoms with Gasteiger partial charge >= 0.3 is 0 Å². The molecule has 0 aliphatic rings. The Labute approximate surface area is 169 Å². The zero-order chi connectivity index (χ0) is 20.1. The number of amides is 1. The van der Waals surface area contributed by atoms with Gasteiger partial charge in [-0.1, -0.05) is 41.9 Å². The molecule has 3 aromatic rings. The van der Waals surface area contributed by atoms with Gasteiger partial charge in [-0.3, -0.25) is 9.69 Å². The Morgan fingerprint density at radius 1 is 1.04 bits per heavy atom. The van der Waals surface area contributed by atoms with E-state index in [1.54, 1.807) is 48.5 Å². The lowest BCUT2D eigenvalue weighted by Crippen LogP contribution is -2.31. The first-order valence-electron chi connectivity index (χ1n) is 8.78. The molecule has 28 heavy (non-hydrogen) atoms. The van der Waals surface area contributed by atoms with E-state index in [0.29, 0.717) is 22.0 Å². The van der Waals surface area contributed by atoms with Gasteiger partial charge in [0.1, 0.15) is 18.0 Å². The first-order chi connectivity index (χ1) is 13.5. The van der Waals surface area contributed by atoms with Gasteiger partial charge in [-0.15, -0.1) is 0 Å². The van der Waals surface area contributed by atoms with E-state index in [2.05, 4.69) is 0 Å². The number of halogens is 1. The Bertz CT molecular complexity index is 1040. The van der Waals surface area contributed by atoms with Crippen LogP contribution in [0.2, 0.25) is 5.02 Å². The summed E-state index contributed by atoms with van der Waals surface area (Å²) in [5.41, 5.74) is 3.03. The fourth-order valence-corrected chi connectivity index (χ4v) is 3.11. The molecule has 0 aliphatic carbocycles. The van der Waals surface area contributed by atoms with Gasteiger partial charge in [-0.2, -0.15) is 5.26 Å². The van der Waals surface area contributed by atoms with Crippen molar-refractivity contribution in [3.8, 4) is 17.6 Å². The van der Waals surface area contributed by atoms with E-state index in [9.17, 15) is 10.1 Å². The monoisotopic (exact) mass is 390 g/mol. The summed E-state index contributed by atoms with van der Waals surface area (Å²) < 4.78 is 6.04. The fraction of sp³-hybridized carbons (Fsp3) is 0.130. The Morgan fingerprint density at radius 3 is 2.39 bits per heavy atom. The van der Waals surface area contributed by atoms with Crippen molar-refractivity contribution in [1.82, 2.24) is 0 Å². The smallest absolute Gasteiger partial charge is 0.259 e. The number of aryl methyl sites for hydroxylation is 2. The zero-order valence-corrected chi connectivity index (χ0v) is 16.4. The largest absolute Gasteiger partial charge is 0.457 e. The standard InChI is InChI=1S/C23H19ClN2O2/c1-16-6-3-7-17(2)22(16)28-21-11-4-8-18(14-21)23(27)26(13-12-25)20-10-5-9-19(24)15-20/h3-11,14-15H,13H2,1-2H3. The average Bonchev–Trinajstić information content (AvgIpc) is 2.69. The highest BCUT2D eigenvalue weighted by Gasteiger charge is 2.18. The first-order valence-corrected chi connectivity index (χ1v) is 9.16. The molecule has 0 atom stereocenters. The van der Waals surface area contributed by atoms with E-state index in [4.69, 9.17) is 16.3 Å². The minimum Gasteiger partial charge on any atom is -0.457 e. The molecule has 4 nitrogen and oxygen atoms in total. The van der Waals surface area contributed by atoms with Crippen molar-refractivity contribution in [2.45, 2.75) is 13.8 Å². The molecule has 3 rings (SSSR count). The number of hydrogen-bond donors (Lipinski definition) is 0. The molecule has 0 aromatic heterocycles. The number of hydrogen-bond acceptors (Lipinski definition) is 3. The molecular weight excluding hydrogens is 372 g/mol. The van der Waals surface area contributed by atoms with E-state index in [0.717, 1.165) is 16.9 Å². The molecule has 0 unspecified atom stereocenters. The van der Waals surface area contributed by atoms with Crippen LogP contribution in [-0.4, -0.2) is 12.5 Å². The molecule has 3 aromatic carbocycles. The van der Waals surface area contributed by atoms with Crippen LogP contribution in [0.5, 0.6) is 11.5 Å². The molecule has 140 valence electrons. The molecule has 0 N–H and O–H groups in total. The Morgan fingerprint density at radius 2 is 1.71 bits per heavy atom. The lowest BCUT2D eigenvalue weighted by atomic mass is 10.1. The van der Waals surface area contributed by atoms with Gasteiger partial charge in [0.2, 0.25) is 0 Å². The molecule has 0 aliphatic heterocycles. The van der Waals surface area contributed by atoms with Crippen LogP contribution >= 0.6 is 11.6 Å². The van der Waals surface area contributed by atoms with E-state index < -0.39 is 0 Å². The summed E-state index contributed by atoms with van der Waals surface area (Å²) in [5, 5.41) is 9.67. The van der Waals surface area contributed by atoms with Crippen molar-refractivity contribution in [1.29, 1.82) is 5.26 Å². The van der Waals surface area contributed by atoms with Gasteiger partial charge in [-0.05, 0) is 61.4 Å². The van der Waals surface area contributed by atoms with Crippen molar-refractivity contribution in [3.63, 3.8) is 0 Å². The van der Waals surface area contributed by atoms with Crippen molar-refractivity contribution < 1.29 is 9.53 Å². The second kappa shape index (κ2) is 8.60. The quantitative estimate of drug-likeness (QED) is 0.508. The molecule has 0 saturated heterocycles. The maximum atomic E-state index is 13.1. The SMILES string of the molecule is Cc1cccc(C)c1Oc1cccc(C(=O)N(CC#N)c2cccc(Cl)c2)c1. The van der Waals surface area contributed by atoms with Crippen LogP contribution in [0.3, 0.4) is 0 Å². The third-order valence-electron chi connectivity index (χ3n) is 4.30. The number of benzene rings is 3. The van der Waals surface area contributed by atoms with Crippen molar-refractivity contribution in [2.75, 3.05) is 11.4 Å². The van der Waals surface area contributed by atoms with Gasteiger partial charge in [0, 0.05) is 16.3 Å². The number of rotatable bonds is 5. The minimum atomic E-state index is -0.296. The number of carbonyl (C=O) groups is 1. The van der Waals surface area contributed by atoms with E-state index >= 15 is 0 Å². The topological polar surface area (TPSA) is 53.3 Å². The van der Waals surface area contributed by atoms with Crippen molar-refractivity contribution in [2.24, 2.45) is 0 Å². The van der Waals surface area contributed by atoms with Crippen LogP contribution in [0, 0.1) is 25.2 Å². The average molecular weight is 391 g/mol. The number of para-hydroxylation sites is 1. The van der Waals surface area contributed by atoms with Crippen LogP contribution in [0.25, 0.3) is 0 Å². The van der Waals surface area contributed by atoms with Gasteiger partial charge in [-0.25, -0.2) is 0 Å². The predicted octanol–water partition coefficient (Wildman–Crippen LogP) is 5.92. The Hall–Kier alpha value is -3.29. The third kappa shape index (κ3) is 4.33. The number of anilines is 1. The summed E-state index contributed by atoms with van der Waals surface area (Å²) in [5.74, 6) is 1.04. The third-order valence-corrected chi connectivity index (χ3v) is 4.54. The number of carbonyl (C=O) groups excluding carboxylic acids is 1. The summed E-state index contributed by atoms with van der Waals surface area (Å²) in [6, 6.07) is 21.8. The minimum absolute atomic E-state index is 0.0822. The summed E-state index contributed by atoms with van der Waals surface area (Å²) in [7, 11) is 0. The highest BCUT2D eigenvalue weighted by molar-refractivity contribution is 6.31. The molecular formula is C23H19ClN2O2. The lowest BCUT2D eigenvalue weighted by Gasteiger charge is -2.20. The highest BCUT2D eigenvalue weighted by Crippen LogP contribution is 2.29. The molecule has 0 saturated carbocycles. The van der Waals surface area contributed by atoms with E-state index in [1.165, 1.54) is 4.90 Å². The molecule has 0 fully saturated rings. The zero-order valence-electron chi connectivity index (χ0n) is 15.6. The van der Waals surface area contributed by atoms with Gasteiger partial charge < -0.3 is 4.74 Å². The molecule has 1 amide bonds. The van der Waals surface area contributed by atoms with Crippen LogP contribution < -0.4 is 9.64 Å². The summed E-state index contributed by atoms with van der Waals surface area (Å²) >= 11 is 6.04. The van der Waals surface area contributed by atoms with Crippen molar-refractivity contribution in [3.05, 3.63) is 88.4 Å². The number of nitriles is 1. The van der Waals surface area contributed by atoms with Crippen LogP contribution in [0.4, 0.5) is 5.69 Å². The van der Waals surface area contributed by atoms with Gasteiger partial charge in [0.15, 0.2) is 0 Å². The van der Waals surface area contributed by atoms with E-state index in [1.807, 2.05) is 38.1 Å². The molecule has 0 heterocycles. The summed E-state index contributed by atoms with van der Waals surface area (Å²) in [6.07, 6.45) is 0. The van der Waals surface area contributed by atoms with Crippen molar-refractivity contribution >= 4 is 23.2 Å². The van der Waals surface area contributed by atoms with Gasteiger partial charge in [0.25, 0.3) is 5.91 Å². The number of nitrogens with zero attached hydrogens (tertiary/aromatic N) is 2. The maximum Gasteiger partial charge on any atom is 0.259 e. The predicted molar refractivity (Wildman–Crippen MR) is 111 cm³/mol. The molecule has 0 radical (unpaired) electrons. The van der Waals surface area contributed by atoms with Crippen LogP contribution in [0.15, 0.2) is 66.7 Å². The van der Waals surface area contributed by atoms with Gasteiger partial charge in [0.05, 0.1) is 6.07 Å². The summed E-state index contributed by atoms with van der Waals surface area (Å²) in [4.78, 5) is 14.5. The second-order valence-electron chi connectivity index (χ2n) is 6.38. The molecule has 0 bridgehead atoms. The fourth-order valence-electron chi connectivity index (χ4n) is 2.92. The normalized spacial score (nSPS) is 10.2. The first kappa shape index (κ1) is 19.5. The maximum absolute atomic E-state index is 13.1. The number of ether oxygens (including phenoxy) is 1. The molecule has 0 spiro atoms.